The molecule has 1 aliphatic heterocycles. The zero-order chi connectivity index (χ0) is 15.6. The topological polar surface area (TPSA) is 66.8 Å². The van der Waals surface area contributed by atoms with Crippen molar-refractivity contribution in [2.24, 2.45) is 0 Å². The lowest BCUT2D eigenvalue weighted by atomic mass is 10.1. The first-order chi connectivity index (χ1) is 9.79. The summed E-state index contributed by atoms with van der Waals surface area (Å²) in [5.74, 6) is 0.705. The zero-order valence-electron chi connectivity index (χ0n) is 12.5. The van der Waals surface area contributed by atoms with E-state index in [2.05, 4.69) is 0 Å². The van der Waals surface area contributed by atoms with Gasteiger partial charge in [-0.25, -0.2) is 8.42 Å². The lowest BCUT2D eigenvalue weighted by Crippen LogP contribution is -2.31. The van der Waals surface area contributed by atoms with Crippen LogP contribution in [-0.4, -0.2) is 42.8 Å². The average molecular weight is 311 g/mol. The Hall–Kier alpha value is -1.53. The maximum Gasteiger partial charge on any atom is 0.231 e. The van der Waals surface area contributed by atoms with Crippen LogP contribution in [0.5, 0.6) is 5.75 Å². The SMILES string of the molecule is Cc1cccc(OC2C=CN(S(C)(=O)=O)CCC2O)c1C. The van der Waals surface area contributed by atoms with Gasteiger partial charge in [0.25, 0.3) is 0 Å². The molecule has 1 aromatic rings. The van der Waals surface area contributed by atoms with Gasteiger partial charge in [0.1, 0.15) is 11.9 Å². The first kappa shape index (κ1) is 15.9. The van der Waals surface area contributed by atoms with E-state index in [1.165, 1.54) is 10.5 Å². The fourth-order valence-electron chi connectivity index (χ4n) is 2.20. The molecule has 5 nitrogen and oxygen atoms in total. The van der Waals surface area contributed by atoms with Crippen molar-refractivity contribution in [2.75, 3.05) is 12.8 Å². The van der Waals surface area contributed by atoms with Crippen molar-refractivity contribution in [1.29, 1.82) is 0 Å². The molecule has 0 spiro atoms. The molecule has 0 aliphatic carbocycles. The van der Waals surface area contributed by atoms with Crippen molar-refractivity contribution in [3.05, 3.63) is 41.6 Å². The molecule has 0 saturated carbocycles. The monoisotopic (exact) mass is 311 g/mol. The van der Waals surface area contributed by atoms with Crippen LogP contribution in [0, 0.1) is 13.8 Å². The maximum absolute atomic E-state index is 11.6. The zero-order valence-corrected chi connectivity index (χ0v) is 13.3. The molecule has 0 fully saturated rings. The van der Waals surface area contributed by atoms with E-state index in [-0.39, 0.29) is 6.54 Å². The number of hydrogen-bond acceptors (Lipinski definition) is 4. The number of sulfonamides is 1. The molecular weight excluding hydrogens is 290 g/mol. The van der Waals surface area contributed by atoms with Gasteiger partial charge in [0, 0.05) is 12.7 Å². The Balaban J connectivity index is 2.21. The van der Waals surface area contributed by atoms with Crippen LogP contribution >= 0.6 is 0 Å². The normalized spacial score (nSPS) is 23.0. The summed E-state index contributed by atoms with van der Waals surface area (Å²) in [6.07, 6.45) is 3.25. The van der Waals surface area contributed by atoms with E-state index in [9.17, 15) is 13.5 Å². The van der Waals surface area contributed by atoms with Crippen LogP contribution in [0.25, 0.3) is 0 Å². The van der Waals surface area contributed by atoms with Crippen molar-refractivity contribution in [1.82, 2.24) is 4.31 Å². The minimum absolute atomic E-state index is 0.253. The van der Waals surface area contributed by atoms with Gasteiger partial charge in [-0.05, 0) is 43.5 Å². The largest absolute Gasteiger partial charge is 0.483 e. The molecule has 116 valence electrons. The summed E-state index contributed by atoms with van der Waals surface area (Å²) in [5, 5.41) is 10.2. The van der Waals surface area contributed by atoms with Gasteiger partial charge in [0.2, 0.25) is 10.0 Å². The Morgan fingerprint density at radius 2 is 2.05 bits per heavy atom. The molecule has 0 aromatic heterocycles. The molecule has 0 saturated heterocycles. The van der Waals surface area contributed by atoms with Crippen LogP contribution in [0.1, 0.15) is 17.5 Å². The Morgan fingerprint density at radius 3 is 2.71 bits per heavy atom. The highest BCUT2D eigenvalue weighted by Gasteiger charge is 2.25. The summed E-state index contributed by atoms with van der Waals surface area (Å²) in [6.45, 7) is 4.20. The third-order valence-corrected chi connectivity index (χ3v) is 4.87. The second-order valence-electron chi connectivity index (χ2n) is 5.35. The van der Waals surface area contributed by atoms with Gasteiger partial charge in [-0.2, -0.15) is 0 Å². The molecule has 0 amide bonds. The number of ether oxygens (including phenoxy) is 1. The fraction of sp³-hybridized carbons (Fsp3) is 0.467. The van der Waals surface area contributed by atoms with E-state index >= 15 is 0 Å². The molecule has 21 heavy (non-hydrogen) atoms. The number of aryl methyl sites for hydroxylation is 1. The summed E-state index contributed by atoms with van der Waals surface area (Å²) in [7, 11) is -3.30. The van der Waals surface area contributed by atoms with Crippen molar-refractivity contribution in [2.45, 2.75) is 32.5 Å². The molecule has 1 N–H and O–H groups in total. The van der Waals surface area contributed by atoms with Gasteiger partial charge in [0.05, 0.1) is 12.4 Å². The quantitative estimate of drug-likeness (QED) is 0.920. The fourth-order valence-corrected chi connectivity index (χ4v) is 2.93. The van der Waals surface area contributed by atoms with Gasteiger partial charge < -0.3 is 9.84 Å². The Labute approximate surface area is 125 Å². The number of nitrogens with zero attached hydrogens (tertiary/aromatic N) is 1. The molecule has 0 radical (unpaired) electrons. The first-order valence-corrected chi connectivity index (χ1v) is 8.70. The van der Waals surface area contributed by atoms with E-state index in [1.807, 2.05) is 32.0 Å². The number of rotatable bonds is 3. The van der Waals surface area contributed by atoms with Gasteiger partial charge in [0.15, 0.2) is 0 Å². The molecule has 2 unspecified atom stereocenters. The van der Waals surface area contributed by atoms with Crippen molar-refractivity contribution < 1.29 is 18.3 Å². The van der Waals surface area contributed by atoms with Crippen LogP contribution in [0.3, 0.4) is 0 Å². The lowest BCUT2D eigenvalue weighted by Gasteiger charge is -2.21. The van der Waals surface area contributed by atoms with Crippen molar-refractivity contribution >= 4 is 10.0 Å². The lowest BCUT2D eigenvalue weighted by molar-refractivity contribution is 0.0594. The highest BCUT2D eigenvalue weighted by atomic mass is 32.2. The number of benzene rings is 1. The van der Waals surface area contributed by atoms with E-state index in [0.29, 0.717) is 12.2 Å². The van der Waals surface area contributed by atoms with Gasteiger partial charge in [-0.3, -0.25) is 4.31 Å². The summed E-state index contributed by atoms with van der Waals surface area (Å²) < 4.78 is 30.2. The van der Waals surface area contributed by atoms with Gasteiger partial charge in [-0.15, -0.1) is 0 Å². The Bertz CT molecular complexity index is 639. The number of aliphatic hydroxyl groups excluding tert-OH is 1. The first-order valence-electron chi connectivity index (χ1n) is 6.85. The minimum Gasteiger partial charge on any atom is -0.483 e. The van der Waals surface area contributed by atoms with E-state index in [0.717, 1.165) is 17.4 Å². The molecule has 0 bridgehead atoms. The third-order valence-electron chi connectivity index (χ3n) is 3.71. The van der Waals surface area contributed by atoms with Gasteiger partial charge >= 0.3 is 0 Å². The summed E-state index contributed by atoms with van der Waals surface area (Å²) in [5.41, 5.74) is 2.12. The smallest absolute Gasteiger partial charge is 0.231 e. The molecule has 6 heteroatoms. The molecule has 1 aromatic carbocycles. The van der Waals surface area contributed by atoms with E-state index in [1.54, 1.807) is 6.08 Å². The summed E-state index contributed by atoms with van der Waals surface area (Å²) in [4.78, 5) is 0. The second-order valence-corrected chi connectivity index (χ2v) is 7.29. The van der Waals surface area contributed by atoms with Crippen LogP contribution in [-0.2, 0) is 10.0 Å². The van der Waals surface area contributed by atoms with Gasteiger partial charge in [-0.1, -0.05) is 12.1 Å². The molecule has 1 aliphatic rings. The number of aliphatic hydroxyl groups is 1. The highest BCUT2D eigenvalue weighted by Crippen LogP contribution is 2.24. The molecule has 2 atom stereocenters. The standard InChI is InChI=1S/C15H21NO4S/c1-11-5-4-6-14(12(11)2)20-15-8-10-16(21(3,18)19)9-7-13(15)17/h4-6,8,10,13,15,17H,7,9H2,1-3H3. The Morgan fingerprint density at radius 1 is 1.33 bits per heavy atom. The predicted molar refractivity (Wildman–Crippen MR) is 81.6 cm³/mol. The summed E-state index contributed by atoms with van der Waals surface area (Å²) in [6, 6.07) is 5.74. The molecular formula is C15H21NO4S. The second kappa shape index (κ2) is 6.07. The summed E-state index contributed by atoms with van der Waals surface area (Å²) >= 11 is 0. The van der Waals surface area contributed by atoms with E-state index in [4.69, 9.17) is 4.74 Å². The van der Waals surface area contributed by atoms with Crippen LogP contribution in [0.4, 0.5) is 0 Å². The van der Waals surface area contributed by atoms with E-state index < -0.39 is 22.2 Å². The molecule has 1 heterocycles. The molecule has 2 rings (SSSR count). The third kappa shape index (κ3) is 3.77. The predicted octanol–water partition coefficient (Wildman–Crippen LogP) is 1.59. The minimum atomic E-state index is -3.30. The maximum atomic E-state index is 11.6. The van der Waals surface area contributed by atoms with Crippen molar-refractivity contribution in [3.8, 4) is 5.75 Å². The number of hydrogen-bond donors (Lipinski definition) is 1. The Kier molecular flexibility index (Phi) is 4.58. The van der Waals surface area contributed by atoms with Crippen LogP contribution in [0.15, 0.2) is 30.5 Å². The van der Waals surface area contributed by atoms with Crippen LogP contribution < -0.4 is 4.74 Å². The average Bonchev–Trinajstić information content (AvgIpc) is 2.57. The van der Waals surface area contributed by atoms with Crippen molar-refractivity contribution in [3.63, 3.8) is 0 Å². The highest BCUT2D eigenvalue weighted by molar-refractivity contribution is 7.88. The van der Waals surface area contributed by atoms with Crippen LogP contribution in [0.2, 0.25) is 0 Å².